The Labute approximate surface area is 194 Å². The molecule has 2 saturated heterocycles. The van der Waals surface area contributed by atoms with Crippen LogP contribution in [0, 0.1) is 5.92 Å². The molecule has 0 unspecified atom stereocenters. The van der Waals surface area contributed by atoms with Crippen molar-refractivity contribution in [2.45, 2.75) is 17.7 Å². The number of piperazine rings is 1. The summed E-state index contributed by atoms with van der Waals surface area (Å²) in [4.78, 5) is 17.5. The SMILES string of the molecule is O=C(C1CCN(S(=O)(=O)c2ccc3c(c2)OCCO3)CC1)N1CCN(c2ccccc2)CC1. The van der Waals surface area contributed by atoms with Crippen LogP contribution < -0.4 is 14.4 Å². The van der Waals surface area contributed by atoms with Crippen LogP contribution in [0.1, 0.15) is 12.8 Å². The number of piperidine rings is 1. The van der Waals surface area contributed by atoms with E-state index >= 15 is 0 Å². The molecule has 0 aliphatic carbocycles. The van der Waals surface area contributed by atoms with Gasteiger partial charge in [0.1, 0.15) is 13.2 Å². The smallest absolute Gasteiger partial charge is 0.243 e. The molecule has 0 N–H and O–H groups in total. The Morgan fingerprint density at radius 3 is 2.18 bits per heavy atom. The van der Waals surface area contributed by atoms with E-state index in [0.717, 1.165) is 13.1 Å². The van der Waals surface area contributed by atoms with Gasteiger partial charge in [-0.15, -0.1) is 0 Å². The number of carbonyl (C=O) groups is 1. The summed E-state index contributed by atoms with van der Waals surface area (Å²) in [7, 11) is -3.64. The third-order valence-electron chi connectivity index (χ3n) is 6.67. The molecule has 3 aliphatic heterocycles. The topological polar surface area (TPSA) is 79.4 Å². The molecule has 2 aromatic rings. The van der Waals surface area contributed by atoms with Crippen LogP contribution in [0.25, 0.3) is 0 Å². The number of hydrogen-bond acceptors (Lipinski definition) is 6. The molecule has 0 spiro atoms. The zero-order chi connectivity index (χ0) is 22.8. The van der Waals surface area contributed by atoms with Crippen LogP contribution >= 0.6 is 0 Å². The molecule has 176 valence electrons. The number of ether oxygens (including phenoxy) is 2. The van der Waals surface area contributed by atoms with Crippen molar-refractivity contribution in [2.24, 2.45) is 5.92 Å². The van der Waals surface area contributed by atoms with Gasteiger partial charge in [-0.2, -0.15) is 4.31 Å². The van der Waals surface area contributed by atoms with Gasteiger partial charge in [0.25, 0.3) is 0 Å². The van der Waals surface area contributed by atoms with Crippen molar-refractivity contribution in [2.75, 3.05) is 57.4 Å². The fourth-order valence-electron chi connectivity index (χ4n) is 4.76. The van der Waals surface area contributed by atoms with Crippen molar-refractivity contribution < 1.29 is 22.7 Å². The number of nitrogens with zero attached hydrogens (tertiary/aromatic N) is 3. The lowest BCUT2D eigenvalue weighted by Gasteiger charge is -2.39. The number of benzene rings is 2. The summed E-state index contributed by atoms with van der Waals surface area (Å²) in [5.41, 5.74) is 1.18. The molecular formula is C24H29N3O5S. The molecule has 3 heterocycles. The van der Waals surface area contributed by atoms with Gasteiger partial charge in [0.2, 0.25) is 15.9 Å². The van der Waals surface area contributed by atoms with E-state index in [9.17, 15) is 13.2 Å². The summed E-state index contributed by atoms with van der Waals surface area (Å²) in [6.07, 6.45) is 1.09. The van der Waals surface area contributed by atoms with Gasteiger partial charge in [0.15, 0.2) is 11.5 Å². The number of amides is 1. The third kappa shape index (κ3) is 4.52. The zero-order valence-corrected chi connectivity index (χ0v) is 19.4. The van der Waals surface area contributed by atoms with E-state index in [1.54, 1.807) is 12.1 Å². The normalized spacial score (nSPS) is 20.0. The number of sulfonamides is 1. The van der Waals surface area contributed by atoms with E-state index in [-0.39, 0.29) is 16.7 Å². The summed E-state index contributed by atoms with van der Waals surface area (Å²) in [5, 5.41) is 0. The fourth-order valence-corrected chi connectivity index (χ4v) is 6.24. The van der Waals surface area contributed by atoms with Crippen molar-refractivity contribution in [3.8, 4) is 11.5 Å². The highest BCUT2D eigenvalue weighted by Gasteiger charge is 2.35. The average molecular weight is 472 g/mol. The van der Waals surface area contributed by atoms with Gasteiger partial charge in [-0.25, -0.2) is 8.42 Å². The van der Waals surface area contributed by atoms with E-state index < -0.39 is 10.0 Å². The monoisotopic (exact) mass is 471 g/mol. The maximum atomic E-state index is 13.2. The minimum atomic E-state index is -3.64. The van der Waals surface area contributed by atoms with Gasteiger partial charge < -0.3 is 19.3 Å². The maximum absolute atomic E-state index is 13.2. The molecule has 0 aromatic heterocycles. The van der Waals surface area contributed by atoms with E-state index in [1.807, 2.05) is 23.1 Å². The molecule has 2 aromatic carbocycles. The van der Waals surface area contributed by atoms with Crippen molar-refractivity contribution in [1.82, 2.24) is 9.21 Å². The Bertz CT molecular complexity index is 1090. The minimum absolute atomic E-state index is 0.125. The second-order valence-corrected chi connectivity index (χ2v) is 10.6. The van der Waals surface area contributed by atoms with Gasteiger partial charge >= 0.3 is 0 Å². The van der Waals surface area contributed by atoms with Crippen LogP contribution in [0.5, 0.6) is 11.5 Å². The van der Waals surface area contributed by atoms with Gasteiger partial charge in [-0.05, 0) is 37.1 Å². The number of anilines is 1. The van der Waals surface area contributed by atoms with Crippen molar-refractivity contribution in [3.63, 3.8) is 0 Å². The Kier molecular flexibility index (Phi) is 6.16. The summed E-state index contributed by atoms with van der Waals surface area (Å²) >= 11 is 0. The van der Waals surface area contributed by atoms with E-state index in [2.05, 4.69) is 17.0 Å². The van der Waals surface area contributed by atoms with Gasteiger partial charge in [-0.1, -0.05) is 18.2 Å². The van der Waals surface area contributed by atoms with E-state index in [0.29, 0.717) is 63.7 Å². The second-order valence-electron chi connectivity index (χ2n) is 8.63. The molecule has 33 heavy (non-hydrogen) atoms. The average Bonchev–Trinajstić information content (AvgIpc) is 2.88. The molecule has 3 aliphatic rings. The Morgan fingerprint density at radius 2 is 1.48 bits per heavy atom. The highest BCUT2D eigenvalue weighted by Crippen LogP contribution is 2.34. The van der Waals surface area contributed by atoms with Crippen LogP contribution in [0.2, 0.25) is 0 Å². The third-order valence-corrected chi connectivity index (χ3v) is 8.56. The quantitative estimate of drug-likeness (QED) is 0.680. The Balaban J connectivity index is 1.17. The number of carbonyl (C=O) groups excluding carboxylic acids is 1. The summed E-state index contributed by atoms with van der Waals surface area (Å²) in [5.74, 6) is 1.05. The summed E-state index contributed by atoms with van der Waals surface area (Å²) in [6, 6.07) is 15.0. The first kappa shape index (κ1) is 22.0. The zero-order valence-electron chi connectivity index (χ0n) is 18.6. The molecular weight excluding hydrogens is 442 g/mol. The second kappa shape index (κ2) is 9.23. The highest BCUT2D eigenvalue weighted by atomic mass is 32.2. The Hall–Kier alpha value is -2.78. The van der Waals surface area contributed by atoms with Crippen molar-refractivity contribution in [1.29, 1.82) is 0 Å². The first-order valence-corrected chi connectivity index (χ1v) is 12.9. The summed E-state index contributed by atoms with van der Waals surface area (Å²) < 4.78 is 38.8. The van der Waals surface area contributed by atoms with Crippen molar-refractivity contribution in [3.05, 3.63) is 48.5 Å². The standard InChI is InChI=1S/C24H29N3O5S/c28-24(26-14-12-25(13-15-26)20-4-2-1-3-5-20)19-8-10-27(11-9-19)33(29,30)21-6-7-22-23(18-21)32-17-16-31-22/h1-7,18-19H,8-17H2. The molecule has 2 fully saturated rings. The molecule has 5 rings (SSSR count). The van der Waals surface area contributed by atoms with Crippen molar-refractivity contribution >= 4 is 21.6 Å². The molecule has 8 nitrogen and oxygen atoms in total. The van der Waals surface area contributed by atoms with E-state index in [1.165, 1.54) is 16.1 Å². The predicted octanol–water partition coefficient (Wildman–Crippen LogP) is 2.21. The number of fused-ring (bicyclic) bond motifs is 1. The fraction of sp³-hybridized carbons (Fsp3) is 0.458. The molecule has 1 amide bonds. The van der Waals surface area contributed by atoms with Gasteiger partial charge in [0, 0.05) is 56.9 Å². The Morgan fingerprint density at radius 1 is 0.818 bits per heavy atom. The van der Waals surface area contributed by atoms with E-state index in [4.69, 9.17) is 9.47 Å². The maximum Gasteiger partial charge on any atom is 0.243 e. The molecule has 0 bridgehead atoms. The molecule has 0 saturated carbocycles. The number of hydrogen-bond donors (Lipinski definition) is 0. The number of rotatable bonds is 4. The lowest BCUT2D eigenvalue weighted by Crippen LogP contribution is -2.52. The predicted molar refractivity (Wildman–Crippen MR) is 124 cm³/mol. The van der Waals surface area contributed by atoms with Crippen LogP contribution in [-0.2, 0) is 14.8 Å². The first-order valence-electron chi connectivity index (χ1n) is 11.5. The molecule has 9 heteroatoms. The molecule has 0 atom stereocenters. The highest BCUT2D eigenvalue weighted by molar-refractivity contribution is 7.89. The van der Waals surface area contributed by atoms with Crippen LogP contribution in [0.15, 0.2) is 53.4 Å². The number of para-hydroxylation sites is 1. The first-order chi connectivity index (χ1) is 16.0. The van der Waals surface area contributed by atoms with Crippen LogP contribution in [0.3, 0.4) is 0 Å². The largest absolute Gasteiger partial charge is 0.486 e. The van der Waals surface area contributed by atoms with Crippen LogP contribution in [0.4, 0.5) is 5.69 Å². The summed E-state index contributed by atoms with van der Waals surface area (Å²) in [6.45, 7) is 4.58. The van der Waals surface area contributed by atoms with Crippen LogP contribution in [-0.4, -0.2) is 76.0 Å². The minimum Gasteiger partial charge on any atom is -0.486 e. The lowest BCUT2D eigenvalue weighted by atomic mass is 9.96. The molecule has 0 radical (unpaired) electrons. The lowest BCUT2D eigenvalue weighted by molar-refractivity contribution is -0.137. The van der Waals surface area contributed by atoms with Gasteiger partial charge in [-0.3, -0.25) is 4.79 Å². The van der Waals surface area contributed by atoms with Gasteiger partial charge in [0.05, 0.1) is 4.90 Å².